The van der Waals surface area contributed by atoms with Gasteiger partial charge in [0.25, 0.3) is 0 Å². The van der Waals surface area contributed by atoms with Crippen LogP contribution in [-0.2, 0) is 10.5 Å². The van der Waals surface area contributed by atoms with Crippen LogP contribution < -0.4 is 10.6 Å². The molecule has 0 aromatic heterocycles. The summed E-state index contributed by atoms with van der Waals surface area (Å²) < 4.78 is 4.95. The number of esters is 1. The fourth-order valence-electron chi connectivity index (χ4n) is 2.20. The van der Waals surface area contributed by atoms with Crippen LogP contribution in [0.1, 0.15) is 22.8 Å². The van der Waals surface area contributed by atoms with Crippen LogP contribution in [0.5, 0.6) is 0 Å². The average Bonchev–Trinajstić information content (AvgIpc) is 2.61. The third-order valence-electron chi connectivity index (χ3n) is 3.41. The van der Waals surface area contributed by atoms with Crippen molar-refractivity contribution in [2.24, 2.45) is 0 Å². The van der Waals surface area contributed by atoms with Crippen LogP contribution in [0.25, 0.3) is 0 Å². The van der Waals surface area contributed by atoms with Gasteiger partial charge in [0.2, 0.25) is 0 Å². The number of hydrogen-bond acceptors (Lipinski definition) is 4. The first-order valence-corrected chi connectivity index (χ1v) is 10.6. The largest absolute Gasteiger partial charge is 0.462 e. The van der Waals surface area contributed by atoms with E-state index < -0.39 is 5.97 Å². The Labute approximate surface area is 179 Å². The van der Waals surface area contributed by atoms with Crippen LogP contribution in [0.15, 0.2) is 42.5 Å². The zero-order valence-electron chi connectivity index (χ0n) is 14.8. The predicted molar refractivity (Wildman–Crippen MR) is 119 cm³/mol. The Morgan fingerprint density at radius 2 is 2.04 bits per heavy atom. The Balaban J connectivity index is 1.72. The van der Waals surface area contributed by atoms with E-state index in [1.807, 2.05) is 18.2 Å². The molecule has 0 aliphatic carbocycles. The van der Waals surface area contributed by atoms with E-state index in [2.05, 4.69) is 16.7 Å². The number of rotatable bonds is 8. The SMILES string of the molecule is CCOC(=O)c1ccc(NC(=S)NCCSCc2cccc(Cl)c2)cc1Cl. The van der Waals surface area contributed by atoms with Gasteiger partial charge in [0.1, 0.15) is 0 Å². The lowest BCUT2D eigenvalue weighted by molar-refractivity contribution is 0.0526. The fraction of sp³-hybridized carbons (Fsp3) is 0.263. The molecule has 0 heterocycles. The summed E-state index contributed by atoms with van der Waals surface area (Å²) in [6.07, 6.45) is 0. The quantitative estimate of drug-likeness (QED) is 0.324. The van der Waals surface area contributed by atoms with Crippen molar-refractivity contribution in [3.05, 3.63) is 63.6 Å². The van der Waals surface area contributed by atoms with E-state index in [4.69, 9.17) is 40.2 Å². The van der Waals surface area contributed by atoms with Crippen molar-refractivity contribution in [1.29, 1.82) is 0 Å². The Morgan fingerprint density at radius 1 is 1.22 bits per heavy atom. The van der Waals surface area contributed by atoms with E-state index in [0.717, 1.165) is 23.1 Å². The molecular formula is C19H20Cl2N2O2S2. The lowest BCUT2D eigenvalue weighted by Crippen LogP contribution is -2.30. The van der Waals surface area contributed by atoms with Crippen LogP contribution in [0.4, 0.5) is 5.69 Å². The number of ether oxygens (including phenoxy) is 1. The number of halogens is 2. The first kappa shape index (κ1) is 21.8. The molecule has 0 aliphatic heterocycles. The summed E-state index contributed by atoms with van der Waals surface area (Å²) in [5.74, 6) is 1.36. The molecule has 8 heteroatoms. The first-order valence-electron chi connectivity index (χ1n) is 8.33. The third kappa shape index (κ3) is 7.58. The fourth-order valence-corrected chi connectivity index (χ4v) is 3.69. The van der Waals surface area contributed by atoms with Gasteiger partial charge in [-0.3, -0.25) is 0 Å². The van der Waals surface area contributed by atoms with Crippen molar-refractivity contribution in [3.8, 4) is 0 Å². The lowest BCUT2D eigenvalue weighted by atomic mass is 10.2. The molecule has 0 unspecified atom stereocenters. The minimum Gasteiger partial charge on any atom is -0.462 e. The number of carbonyl (C=O) groups excluding carboxylic acids is 1. The molecule has 27 heavy (non-hydrogen) atoms. The number of anilines is 1. The number of thioether (sulfide) groups is 1. The lowest BCUT2D eigenvalue weighted by Gasteiger charge is -2.12. The molecule has 144 valence electrons. The molecule has 0 atom stereocenters. The van der Waals surface area contributed by atoms with Gasteiger partial charge in [-0.05, 0) is 55.0 Å². The van der Waals surface area contributed by atoms with Gasteiger partial charge in [0.15, 0.2) is 5.11 Å². The van der Waals surface area contributed by atoms with Crippen molar-refractivity contribution in [2.75, 3.05) is 24.2 Å². The summed E-state index contributed by atoms with van der Waals surface area (Å²) in [7, 11) is 0. The molecule has 4 nitrogen and oxygen atoms in total. The first-order chi connectivity index (χ1) is 13.0. The zero-order valence-corrected chi connectivity index (χ0v) is 17.9. The van der Waals surface area contributed by atoms with Crippen LogP contribution in [0.2, 0.25) is 10.0 Å². The minimum atomic E-state index is -0.438. The minimum absolute atomic E-state index is 0.304. The van der Waals surface area contributed by atoms with E-state index in [1.54, 1.807) is 36.9 Å². The molecule has 2 N–H and O–H groups in total. The van der Waals surface area contributed by atoms with Crippen molar-refractivity contribution < 1.29 is 9.53 Å². The Hall–Kier alpha value is -1.47. The Kier molecular flexibility index (Phi) is 9.21. The second-order valence-electron chi connectivity index (χ2n) is 5.48. The summed E-state index contributed by atoms with van der Waals surface area (Å²) in [5, 5.41) is 7.77. The third-order valence-corrected chi connectivity index (χ3v) is 5.24. The van der Waals surface area contributed by atoms with Crippen LogP contribution in [-0.4, -0.2) is 30.0 Å². The van der Waals surface area contributed by atoms with Crippen LogP contribution >= 0.6 is 47.2 Å². The number of carbonyl (C=O) groups is 1. The normalized spacial score (nSPS) is 10.3. The smallest absolute Gasteiger partial charge is 0.339 e. The highest BCUT2D eigenvalue weighted by Gasteiger charge is 2.12. The molecule has 2 aromatic carbocycles. The Bertz CT molecular complexity index is 803. The van der Waals surface area contributed by atoms with E-state index in [0.29, 0.717) is 28.0 Å². The number of hydrogen-bond donors (Lipinski definition) is 2. The predicted octanol–water partition coefficient (Wildman–Crippen LogP) is 5.39. The van der Waals surface area contributed by atoms with E-state index in [9.17, 15) is 4.79 Å². The molecule has 0 fully saturated rings. The molecule has 0 saturated carbocycles. The number of benzene rings is 2. The van der Waals surface area contributed by atoms with Gasteiger partial charge in [-0.1, -0.05) is 35.3 Å². The standard InChI is InChI=1S/C19H20Cl2N2O2S2/c1-2-25-18(24)16-7-6-15(11-17(16)21)23-19(26)22-8-9-27-12-13-4-3-5-14(20)10-13/h3-7,10-11H,2,8-9,12H2,1H3,(H2,22,23,26). The van der Waals surface area contributed by atoms with Gasteiger partial charge in [-0.2, -0.15) is 11.8 Å². The van der Waals surface area contributed by atoms with E-state index >= 15 is 0 Å². The summed E-state index contributed by atoms with van der Waals surface area (Å²) >= 11 is 19.2. The average molecular weight is 443 g/mol. The van der Waals surface area contributed by atoms with Gasteiger partial charge in [-0.15, -0.1) is 0 Å². The summed E-state index contributed by atoms with van der Waals surface area (Å²) in [4.78, 5) is 11.7. The number of thiocarbonyl (C=S) groups is 1. The second kappa shape index (κ2) is 11.4. The molecular weight excluding hydrogens is 423 g/mol. The highest BCUT2D eigenvalue weighted by molar-refractivity contribution is 7.98. The van der Waals surface area contributed by atoms with E-state index in [1.165, 1.54) is 5.56 Å². The van der Waals surface area contributed by atoms with Crippen LogP contribution in [0, 0.1) is 0 Å². The van der Waals surface area contributed by atoms with Crippen molar-refractivity contribution >= 4 is 64.0 Å². The molecule has 2 rings (SSSR count). The maximum Gasteiger partial charge on any atom is 0.339 e. The van der Waals surface area contributed by atoms with E-state index in [-0.39, 0.29) is 0 Å². The van der Waals surface area contributed by atoms with Crippen LogP contribution in [0.3, 0.4) is 0 Å². The zero-order chi connectivity index (χ0) is 19.6. The molecule has 0 amide bonds. The Morgan fingerprint density at radius 3 is 2.74 bits per heavy atom. The molecule has 0 bridgehead atoms. The van der Waals surface area contributed by atoms with Gasteiger partial charge in [0.05, 0.1) is 17.2 Å². The summed E-state index contributed by atoms with van der Waals surface area (Å²) in [5.41, 5.74) is 2.24. The highest BCUT2D eigenvalue weighted by Crippen LogP contribution is 2.22. The summed E-state index contributed by atoms with van der Waals surface area (Å²) in [6.45, 7) is 2.78. The van der Waals surface area contributed by atoms with Gasteiger partial charge < -0.3 is 15.4 Å². The monoisotopic (exact) mass is 442 g/mol. The van der Waals surface area contributed by atoms with Crippen molar-refractivity contribution in [1.82, 2.24) is 5.32 Å². The second-order valence-corrected chi connectivity index (χ2v) is 7.84. The van der Waals surface area contributed by atoms with Crippen molar-refractivity contribution in [2.45, 2.75) is 12.7 Å². The van der Waals surface area contributed by atoms with Gasteiger partial charge >= 0.3 is 5.97 Å². The summed E-state index contributed by atoms with van der Waals surface area (Å²) in [6, 6.07) is 12.8. The highest BCUT2D eigenvalue weighted by atomic mass is 35.5. The molecule has 0 saturated heterocycles. The maximum atomic E-state index is 11.7. The molecule has 2 aromatic rings. The topological polar surface area (TPSA) is 50.4 Å². The maximum absolute atomic E-state index is 11.7. The number of nitrogens with one attached hydrogen (secondary N) is 2. The molecule has 0 radical (unpaired) electrons. The molecule has 0 aliphatic rings. The molecule has 0 spiro atoms. The van der Waals surface area contributed by atoms with Gasteiger partial charge in [0, 0.05) is 28.8 Å². The van der Waals surface area contributed by atoms with Crippen molar-refractivity contribution in [3.63, 3.8) is 0 Å². The van der Waals surface area contributed by atoms with Gasteiger partial charge in [-0.25, -0.2) is 4.79 Å².